The Morgan fingerprint density at radius 1 is 1.16 bits per heavy atom. The number of nitrogens with two attached hydrogens (primary N) is 1. The summed E-state index contributed by atoms with van der Waals surface area (Å²) in [5, 5.41) is 10.6. The van der Waals surface area contributed by atoms with E-state index in [1.54, 1.807) is 18.2 Å². The number of hydrogen-bond acceptors (Lipinski definition) is 2. The summed E-state index contributed by atoms with van der Waals surface area (Å²) in [4.78, 5) is 0. The molecular formula is C16H24FNO. The van der Waals surface area contributed by atoms with Gasteiger partial charge in [0.25, 0.3) is 0 Å². The molecule has 1 aliphatic rings. The Kier molecular flexibility index (Phi) is 5.34. The van der Waals surface area contributed by atoms with E-state index in [9.17, 15) is 9.50 Å². The summed E-state index contributed by atoms with van der Waals surface area (Å²) in [6.07, 6.45) is 6.36. The lowest BCUT2D eigenvalue weighted by Gasteiger charge is -2.29. The van der Waals surface area contributed by atoms with Crippen LogP contribution in [0.2, 0.25) is 0 Å². The van der Waals surface area contributed by atoms with E-state index in [2.05, 4.69) is 0 Å². The van der Waals surface area contributed by atoms with Crippen molar-refractivity contribution >= 4 is 0 Å². The number of aliphatic hydroxyl groups excluding tert-OH is 1. The summed E-state index contributed by atoms with van der Waals surface area (Å²) in [6.45, 7) is 0.290. The predicted molar refractivity (Wildman–Crippen MR) is 75.4 cm³/mol. The molecule has 1 fully saturated rings. The zero-order valence-electron chi connectivity index (χ0n) is 11.4. The van der Waals surface area contributed by atoms with Crippen molar-refractivity contribution in [3.63, 3.8) is 0 Å². The lowest BCUT2D eigenvalue weighted by Crippen LogP contribution is -2.33. The van der Waals surface area contributed by atoms with Gasteiger partial charge in [0.2, 0.25) is 0 Å². The van der Waals surface area contributed by atoms with Gasteiger partial charge in [-0.3, -0.25) is 0 Å². The van der Waals surface area contributed by atoms with E-state index in [0.29, 0.717) is 12.1 Å². The fourth-order valence-electron chi connectivity index (χ4n) is 3.21. The average Bonchev–Trinajstić information content (AvgIpc) is 2.70. The Morgan fingerprint density at radius 3 is 2.37 bits per heavy atom. The van der Waals surface area contributed by atoms with Gasteiger partial charge >= 0.3 is 0 Å². The van der Waals surface area contributed by atoms with Crippen molar-refractivity contribution in [2.24, 2.45) is 11.7 Å². The van der Waals surface area contributed by atoms with Gasteiger partial charge in [-0.2, -0.15) is 0 Å². The van der Waals surface area contributed by atoms with Crippen molar-refractivity contribution in [2.45, 2.75) is 50.5 Å². The molecule has 0 saturated heterocycles. The summed E-state index contributed by atoms with van der Waals surface area (Å²) in [5.41, 5.74) is 6.35. The van der Waals surface area contributed by atoms with Crippen molar-refractivity contribution < 1.29 is 9.50 Å². The highest BCUT2D eigenvalue weighted by molar-refractivity contribution is 5.23. The minimum absolute atomic E-state index is 0.259. The van der Waals surface area contributed by atoms with E-state index in [1.807, 2.05) is 0 Å². The van der Waals surface area contributed by atoms with Crippen LogP contribution in [-0.4, -0.2) is 17.8 Å². The van der Waals surface area contributed by atoms with Crippen molar-refractivity contribution in [3.8, 4) is 0 Å². The summed E-state index contributed by atoms with van der Waals surface area (Å²) >= 11 is 0. The maximum atomic E-state index is 13.9. The Bertz CT molecular complexity index is 388. The molecule has 2 atom stereocenters. The fraction of sp³-hybridized carbons (Fsp3) is 0.625. The van der Waals surface area contributed by atoms with Crippen LogP contribution >= 0.6 is 0 Å². The summed E-state index contributed by atoms with van der Waals surface area (Å²) in [7, 11) is 0. The lowest BCUT2D eigenvalue weighted by molar-refractivity contribution is 0.0730. The van der Waals surface area contributed by atoms with Crippen LogP contribution in [0.15, 0.2) is 24.3 Å². The molecule has 1 aromatic rings. The molecule has 0 radical (unpaired) electrons. The topological polar surface area (TPSA) is 46.2 Å². The van der Waals surface area contributed by atoms with Crippen molar-refractivity contribution in [2.75, 3.05) is 6.54 Å². The molecule has 1 aliphatic carbocycles. The number of benzene rings is 1. The number of hydrogen-bond donors (Lipinski definition) is 2. The first-order chi connectivity index (χ1) is 9.24. The molecule has 106 valence electrons. The average molecular weight is 265 g/mol. The van der Waals surface area contributed by atoms with Crippen molar-refractivity contribution in [1.29, 1.82) is 0 Å². The van der Waals surface area contributed by atoms with Crippen LogP contribution in [0.5, 0.6) is 0 Å². The first kappa shape index (κ1) is 14.5. The van der Waals surface area contributed by atoms with Crippen LogP contribution in [0, 0.1) is 11.7 Å². The molecule has 0 amide bonds. The van der Waals surface area contributed by atoms with Gasteiger partial charge in [-0.25, -0.2) is 4.39 Å². The molecule has 0 spiro atoms. The molecule has 1 aromatic carbocycles. The number of rotatable bonds is 4. The number of aliphatic hydroxyl groups is 1. The second-order valence-electron chi connectivity index (χ2n) is 5.61. The van der Waals surface area contributed by atoms with Crippen LogP contribution in [0.25, 0.3) is 0 Å². The fourth-order valence-corrected chi connectivity index (χ4v) is 3.21. The van der Waals surface area contributed by atoms with E-state index in [0.717, 1.165) is 25.7 Å². The molecule has 0 aromatic heterocycles. The Labute approximate surface area is 114 Å². The van der Waals surface area contributed by atoms with Gasteiger partial charge in [-0.15, -0.1) is 0 Å². The first-order valence-electron chi connectivity index (χ1n) is 7.36. The van der Waals surface area contributed by atoms with Gasteiger partial charge in [0.1, 0.15) is 5.82 Å². The predicted octanol–water partition coefficient (Wildman–Crippen LogP) is 3.20. The lowest BCUT2D eigenvalue weighted by atomic mass is 9.82. The molecule has 2 nitrogen and oxygen atoms in total. The zero-order chi connectivity index (χ0) is 13.7. The van der Waals surface area contributed by atoms with E-state index in [1.165, 1.54) is 18.9 Å². The molecule has 0 bridgehead atoms. The van der Waals surface area contributed by atoms with Crippen LogP contribution in [-0.2, 0) is 0 Å². The SMILES string of the molecule is NCC(c1ccccc1F)C(O)C1CCCCCC1. The molecule has 3 heteroatoms. The summed E-state index contributed by atoms with van der Waals surface area (Å²) < 4.78 is 13.9. The quantitative estimate of drug-likeness (QED) is 0.821. The molecule has 0 aliphatic heterocycles. The van der Waals surface area contributed by atoms with Crippen LogP contribution in [0.1, 0.15) is 50.0 Å². The third kappa shape index (κ3) is 3.54. The van der Waals surface area contributed by atoms with E-state index in [4.69, 9.17) is 5.73 Å². The molecule has 2 rings (SSSR count). The van der Waals surface area contributed by atoms with Crippen molar-refractivity contribution in [3.05, 3.63) is 35.6 Å². The van der Waals surface area contributed by atoms with E-state index in [-0.39, 0.29) is 17.7 Å². The van der Waals surface area contributed by atoms with E-state index >= 15 is 0 Å². The van der Waals surface area contributed by atoms with Gasteiger partial charge in [-0.1, -0.05) is 43.9 Å². The Morgan fingerprint density at radius 2 is 1.79 bits per heavy atom. The van der Waals surface area contributed by atoms with E-state index < -0.39 is 6.10 Å². The molecule has 1 saturated carbocycles. The Hall–Kier alpha value is -0.930. The van der Waals surface area contributed by atoms with Gasteiger partial charge in [0, 0.05) is 12.5 Å². The highest BCUT2D eigenvalue weighted by atomic mass is 19.1. The molecule has 2 unspecified atom stereocenters. The first-order valence-corrected chi connectivity index (χ1v) is 7.36. The molecule has 19 heavy (non-hydrogen) atoms. The minimum Gasteiger partial charge on any atom is -0.392 e. The second kappa shape index (κ2) is 7.01. The number of halogens is 1. The third-order valence-electron chi connectivity index (χ3n) is 4.35. The zero-order valence-corrected chi connectivity index (χ0v) is 11.4. The second-order valence-corrected chi connectivity index (χ2v) is 5.61. The molecule has 0 heterocycles. The summed E-state index contributed by atoms with van der Waals surface area (Å²) in [5.74, 6) is -0.287. The van der Waals surface area contributed by atoms with Crippen LogP contribution in [0.4, 0.5) is 4.39 Å². The van der Waals surface area contributed by atoms with Crippen LogP contribution < -0.4 is 5.73 Å². The largest absolute Gasteiger partial charge is 0.392 e. The highest BCUT2D eigenvalue weighted by Gasteiger charge is 2.29. The van der Waals surface area contributed by atoms with Crippen molar-refractivity contribution in [1.82, 2.24) is 0 Å². The minimum atomic E-state index is -0.528. The standard InChI is InChI=1S/C16H24FNO/c17-15-10-6-5-9-13(15)14(11-18)16(19)12-7-3-1-2-4-8-12/h5-6,9-10,12,14,16,19H,1-4,7-8,11,18H2. The molecular weight excluding hydrogens is 241 g/mol. The summed E-state index contributed by atoms with van der Waals surface area (Å²) in [6, 6.07) is 6.66. The van der Waals surface area contributed by atoms with Gasteiger partial charge < -0.3 is 10.8 Å². The van der Waals surface area contributed by atoms with Gasteiger partial charge in [0.05, 0.1) is 6.10 Å². The Balaban J connectivity index is 2.14. The van der Waals surface area contributed by atoms with Gasteiger partial charge in [-0.05, 0) is 30.4 Å². The highest BCUT2D eigenvalue weighted by Crippen LogP contribution is 2.33. The third-order valence-corrected chi connectivity index (χ3v) is 4.35. The smallest absolute Gasteiger partial charge is 0.126 e. The molecule has 3 N–H and O–H groups in total. The maximum absolute atomic E-state index is 13.9. The van der Waals surface area contributed by atoms with Gasteiger partial charge in [0.15, 0.2) is 0 Å². The monoisotopic (exact) mass is 265 g/mol. The normalized spacial score (nSPS) is 20.8. The van der Waals surface area contributed by atoms with Crippen LogP contribution in [0.3, 0.4) is 0 Å². The maximum Gasteiger partial charge on any atom is 0.126 e.